The number of nitrogens with zero attached hydrogens (tertiary/aromatic N) is 2. The van der Waals surface area contributed by atoms with Crippen molar-refractivity contribution in [2.45, 2.75) is 5.41 Å². The van der Waals surface area contributed by atoms with Gasteiger partial charge in [-0.2, -0.15) is 0 Å². The fourth-order valence-corrected chi connectivity index (χ4v) is 8.90. The van der Waals surface area contributed by atoms with Gasteiger partial charge in [0, 0.05) is 5.56 Å². The normalized spacial score (nSPS) is 15.6. The van der Waals surface area contributed by atoms with Crippen LogP contribution in [0.4, 0.5) is 0 Å². The van der Waals surface area contributed by atoms with Gasteiger partial charge in [0.2, 0.25) is 0 Å². The third-order valence-electron chi connectivity index (χ3n) is 10.8. The molecular formula is C46H28N2. The molecule has 11 rings (SSSR count). The van der Waals surface area contributed by atoms with E-state index in [1.807, 2.05) is 0 Å². The lowest BCUT2D eigenvalue weighted by atomic mass is 9.65. The van der Waals surface area contributed by atoms with E-state index < -0.39 is 5.41 Å². The van der Waals surface area contributed by atoms with E-state index in [4.69, 9.17) is 4.98 Å². The summed E-state index contributed by atoms with van der Waals surface area (Å²) in [4.78, 5) is 5.31. The summed E-state index contributed by atoms with van der Waals surface area (Å²) in [6.07, 6.45) is 0. The minimum atomic E-state index is -0.505. The zero-order valence-electron chi connectivity index (χ0n) is 26.1. The van der Waals surface area contributed by atoms with E-state index in [-0.39, 0.29) is 0 Å². The van der Waals surface area contributed by atoms with Crippen LogP contribution >= 0.6 is 0 Å². The van der Waals surface area contributed by atoms with Gasteiger partial charge >= 0.3 is 0 Å². The molecule has 48 heavy (non-hydrogen) atoms. The van der Waals surface area contributed by atoms with Crippen molar-refractivity contribution < 1.29 is 0 Å². The van der Waals surface area contributed by atoms with Gasteiger partial charge in [0.25, 0.3) is 0 Å². The molecule has 0 bridgehead atoms. The monoisotopic (exact) mass is 608 g/mol. The number of hydrogen-bond acceptors (Lipinski definition) is 1. The number of rotatable bonds is 2. The van der Waals surface area contributed by atoms with Crippen LogP contribution in [0.2, 0.25) is 0 Å². The van der Waals surface area contributed by atoms with Crippen LogP contribution in [0.25, 0.3) is 71.9 Å². The van der Waals surface area contributed by atoms with E-state index in [1.165, 1.54) is 77.3 Å². The van der Waals surface area contributed by atoms with Crippen LogP contribution in [-0.2, 0) is 5.41 Å². The summed E-state index contributed by atoms with van der Waals surface area (Å²) < 4.78 is 2.40. The zero-order chi connectivity index (χ0) is 31.4. The molecule has 1 unspecified atom stereocenters. The summed E-state index contributed by atoms with van der Waals surface area (Å²) in [5.74, 6) is 0.975. The molecular weight excluding hydrogens is 581 g/mol. The summed E-state index contributed by atoms with van der Waals surface area (Å²) in [6.45, 7) is 0. The molecule has 8 aromatic carbocycles. The first-order valence-electron chi connectivity index (χ1n) is 16.6. The maximum Gasteiger partial charge on any atom is 0.145 e. The molecule has 0 saturated carbocycles. The molecule has 2 heterocycles. The topological polar surface area (TPSA) is 17.8 Å². The lowest BCUT2D eigenvalue weighted by molar-refractivity contribution is 0.746. The SMILES string of the molecule is c1ccc(-c2nc3cccc4c3n2-c2ccccc2C42c3ccccc3-c3ccc(-c4cc5ccccc5c5ccccc45)cc32)cc1. The zero-order valence-corrected chi connectivity index (χ0v) is 26.1. The van der Waals surface area contributed by atoms with Crippen LogP contribution < -0.4 is 0 Å². The van der Waals surface area contributed by atoms with Crippen LogP contribution in [0, 0.1) is 0 Å². The van der Waals surface area contributed by atoms with E-state index in [2.05, 4.69) is 174 Å². The number of imidazole rings is 1. The van der Waals surface area contributed by atoms with E-state index in [9.17, 15) is 0 Å². The summed E-state index contributed by atoms with van der Waals surface area (Å²) in [7, 11) is 0. The second kappa shape index (κ2) is 9.40. The Morgan fingerprint density at radius 1 is 0.417 bits per heavy atom. The van der Waals surface area contributed by atoms with Gasteiger partial charge in [-0.15, -0.1) is 0 Å². The van der Waals surface area contributed by atoms with Crippen LogP contribution in [0.5, 0.6) is 0 Å². The third-order valence-corrected chi connectivity index (χ3v) is 10.8. The summed E-state index contributed by atoms with van der Waals surface area (Å²) in [6, 6.07) is 62.5. The highest BCUT2D eigenvalue weighted by molar-refractivity contribution is 6.14. The van der Waals surface area contributed by atoms with Gasteiger partial charge in [-0.3, -0.25) is 4.57 Å². The Bertz CT molecular complexity index is 2790. The van der Waals surface area contributed by atoms with Crippen molar-refractivity contribution in [2.24, 2.45) is 0 Å². The summed E-state index contributed by atoms with van der Waals surface area (Å²) in [5.41, 5.74) is 14.3. The molecule has 1 aromatic heterocycles. The lowest BCUT2D eigenvalue weighted by Gasteiger charge is -2.39. The molecule has 2 aliphatic rings. The van der Waals surface area contributed by atoms with E-state index in [1.54, 1.807) is 0 Å². The fraction of sp³-hybridized carbons (Fsp3) is 0.0217. The van der Waals surface area contributed by atoms with Crippen molar-refractivity contribution in [3.8, 4) is 39.3 Å². The molecule has 2 heteroatoms. The van der Waals surface area contributed by atoms with Gasteiger partial charge in [-0.1, -0.05) is 146 Å². The van der Waals surface area contributed by atoms with Gasteiger partial charge in [0.1, 0.15) is 5.82 Å². The molecule has 2 nitrogen and oxygen atoms in total. The van der Waals surface area contributed by atoms with Crippen molar-refractivity contribution in [2.75, 3.05) is 0 Å². The van der Waals surface area contributed by atoms with Gasteiger partial charge in [-0.25, -0.2) is 4.98 Å². The average molecular weight is 609 g/mol. The number of fused-ring (bicyclic) bond motifs is 12. The second-order valence-electron chi connectivity index (χ2n) is 13.1. The summed E-state index contributed by atoms with van der Waals surface area (Å²) >= 11 is 0. The maximum atomic E-state index is 5.31. The highest BCUT2D eigenvalue weighted by Crippen LogP contribution is 2.61. The quantitative estimate of drug-likeness (QED) is 0.179. The van der Waals surface area contributed by atoms with Gasteiger partial charge < -0.3 is 0 Å². The number of benzene rings is 8. The van der Waals surface area contributed by atoms with Crippen molar-refractivity contribution >= 4 is 32.6 Å². The standard InChI is InChI=1S/C46H28N2/c1-2-13-29(14-3-1)45-47-42-23-12-22-40-44(42)48(45)43-24-11-10-21-39(43)46(40)38-20-9-8-19-35(38)36-26-25-31(28-41(36)46)37-27-30-15-4-5-16-32(30)33-17-6-7-18-34(33)37/h1-28H. The molecule has 0 N–H and O–H groups in total. The number of para-hydroxylation sites is 2. The minimum Gasteiger partial charge on any atom is -0.292 e. The Balaban J connectivity index is 1.28. The first kappa shape index (κ1) is 25.9. The molecule has 222 valence electrons. The number of aromatic nitrogens is 2. The van der Waals surface area contributed by atoms with E-state index in [0.717, 1.165) is 16.9 Å². The predicted octanol–water partition coefficient (Wildman–Crippen LogP) is 11.3. The van der Waals surface area contributed by atoms with Crippen LogP contribution in [0.15, 0.2) is 170 Å². The Hall–Kier alpha value is -6.25. The second-order valence-corrected chi connectivity index (χ2v) is 13.1. The molecule has 1 aliphatic heterocycles. The van der Waals surface area contributed by atoms with Crippen molar-refractivity contribution in [1.82, 2.24) is 9.55 Å². The third kappa shape index (κ3) is 3.19. The van der Waals surface area contributed by atoms with Crippen LogP contribution in [0.3, 0.4) is 0 Å². The van der Waals surface area contributed by atoms with Crippen molar-refractivity contribution in [1.29, 1.82) is 0 Å². The molecule has 1 atom stereocenters. The molecule has 0 saturated heterocycles. The molecule has 9 aromatic rings. The predicted molar refractivity (Wildman–Crippen MR) is 198 cm³/mol. The molecule has 1 aliphatic carbocycles. The average Bonchev–Trinajstić information content (AvgIpc) is 3.69. The van der Waals surface area contributed by atoms with Gasteiger partial charge in [-0.05, 0) is 90.3 Å². The Labute approximate surface area is 278 Å². The Kier molecular flexibility index (Phi) is 5.07. The van der Waals surface area contributed by atoms with Gasteiger partial charge in [0.15, 0.2) is 0 Å². The first-order chi connectivity index (χ1) is 23.8. The van der Waals surface area contributed by atoms with E-state index in [0.29, 0.717) is 0 Å². The van der Waals surface area contributed by atoms with Crippen molar-refractivity contribution in [3.63, 3.8) is 0 Å². The highest BCUT2D eigenvalue weighted by Gasteiger charge is 2.51. The summed E-state index contributed by atoms with van der Waals surface area (Å²) in [5, 5.41) is 5.11. The van der Waals surface area contributed by atoms with E-state index >= 15 is 0 Å². The van der Waals surface area contributed by atoms with Crippen LogP contribution in [-0.4, -0.2) is 9.55 Å². The molecule has 0 radical (unpaired) electrons. The highest BCUT2D eigenvalue weighted by atomic mass is 15.1. The minimum absolute atomic E-state index is 0.505. The largest absolute Gasteiger partial charge is 0.292 e. The maximum absolute atomic E-state index is 5.31. The first-order valence-corrected chi connectivity index (χ1v) is 16.6. The van der Waals surface area contributed by atoms with Gasteiger partial charge in [0.05, 0.1) is 22.1 Å². The lowest BCUT2D eigenvalue weighted by Crippen LogP contribution is -2.33. The molecule has 0 amide bonds. The Morgan fingerprint density at radius 2 is 1.10 bits per heavy atom. The molecule has 0 fully saturated rings. The smallest absolute Gasteiger partial charge is 0.145 e. The van der Waals surface area contributed by atoms with Crippen molar-refractivity contribution in [3.05, 3.63) is 192 Å². The van der Waals surface area contributed by atoms with Crippen LogP contribution in [0.1, 0.15) is 22.3 Å². The number of hydrogen-bond donors (Lipinski definition) is 0. The Morgan fingerprint density at radius 3 is 2.00 bits per heavy atom. The molecule has 1 spiro atoms. The fourth-order valence-electron chi connectivity index (χ4n) is 8.90.